The number of oxime groups is 1. The van der Waals surface area contributed by atoms with Crippen LogP contribution in [0.5, 0.6) is 11.5 Å². The number of para-hydroxylation sites is 1. The number of benzene rings is 1. The fourth-order valence-corrected chi connectivity index (χ4v) is 1.87. The minimum absolute atomic E-state index is 0.0532. The molecule has 1 amide bonds. The summed E-state index contributed by atoms with van der Waals surface area (Å²) in [6.07, 6.45) is 0. The zero-order chi connectivity index (χ0) is 15.5. The molecule has 0 aromatic heterocycles. The maximum atomic E-state index is 12.3. The number of carbonyl (C=O) groups excluding carboxylic acids is 1. The third-order valence-corrected chi connectivity index (χ3v) is 3.30. The summed E-state index contributed by atoms with van der Waals surface area (Å²) in [4.78, 5) is 12.3. The van der Waals surface area contributed by atoms with Gasteiger partial charge in [-0.3, -0.25) is 4.79 Å². The van der Waals surface area contributed by atoms with Crippen LogP contribution in [0.4, 0.5) is 0 Å². The van der Waals surface area contributed by atoms with Crippen molar-refractivity contribution < 1.29 is 19.5 Å². The van der Waals surface area contributed by atoms with E-state index in [9.17, 15) is 4.79 Å². The van der Waals surface area contributed by atoms with E-state index in [0.717, 1.165) is 0 Å². The molecule has 0 fully saturated rings. The maximum absolute atomic E-state index is 12.3. The van der Waals surface area contributed by atoms with Crippen molar-refractivity contribution in [3.63, 3.8) is 0 Å². The van der Waals surface area contributed by atoms with E-state index >= 15 is 0 Å². The molecule has 0 radical (unpaired) electrons. The first-order valence-corrected chi connectivity index (χ1v) is 6.60. The van der Waals surface area contributed by atoms with E-state index in [2.05, 4.69) is 10.5 Å². The summed E-state index contributed by atoms with van der Waals surface area (Å²) < 4.78 is 10.9. The predicted molar refractivity (Wildman–Crippen MR) is 77.0 cm³/mol. The Morgan fingerprint density at radius 3 is 2.86 bits per heavy atom. The van der Waals surface area contributed by atoms with Gasteiger partial charge >= 0.3 is 0 Å². The molecule has 114 valence electrons. The lowest BCUT2D eigenvalue weighted by molar-refractivity contribution is 0.0933. The summed E-state index contributed by atoms with van der Waals surface area (Å²) in [5, 5.41) is 14.5. The van der Waals surface area contributed by atoms with Crippen molar-refractivity contribution in [3.8, 4) is 11.5 Å². The second-order valence-corrected chi connectivity index (χ2v) is 5.38. The van der Waals surface area contributed by atoms with Crippen molar-refractivity contribution in [2.45, 2.75) is 13.8 Å². The van der Waals surface area contributed by atoms with Crippen LogP contribution >= 0.6 is 0 Å². The molecule has 1 aliphatic rings. The Morgan fingerprint density at radius 1 is 1.43 bits per heavy atom. The van der Waals surface area contributed by atoms with Crippen LogP contribution in [0, 0.1) is 5.41 Å². The highest BCUT2D eigenvalue weighted by Crippen LogP contribution is 2.33. The Hall–Kier alpha value is -2.44. The molecule has 0 aliphatic carbocycles. The largest absolute Gasteiger partial charge is 0.486 e. The van der Waals surface area contributed by atoms with Gasteiger partial charge < -0.3 is 25.7 Å². The molecule has 21 heavy (non-hydrogen) atoms. The SMILES string of the molecule is CC(C)(CNC(=O)c1cccc2c1OCCO2)/C(N)=N/O. The molecule has 1 aromatic carbocycles. The Morgan fingerprint density at radius 2 is 2.14 bits per heavy atom. The maximum Gasteiger partial charge on any atom is 0.255 e. The van der Waals surface area contributed by atoms with Crippen LogP contribution in [0.1, 0.15) is 24.2 Å². The number of carbonyl (C=O) groups is 1. The first kappa shape index (κ1) is 15.0. The number of rotatable bonds is 4. The van der Waals surface area contributed by atoms with Crippen LogP contribution in [0.3, 0.4) is 0 Å². The normalized spacial score (nSPS) is 14.7. The minimum atomic E-state index is -0.656. The molecule has 4 N–H and O–H groups in total. The first-order valence-electron chi connectivity index (χ1n) is 6.60. The van der Waals surface area contributed by atoms with Crippen LogP contribution < -0.4 is 20.5 Å². The van der Waals surface area contributed by atoms with Gasteiger partial charge in [0.15, 0.2) is 11.5 Å². The van der Waals surface area contributed by atoms with Crippen molar-refractivity contribution >= 4 is 11.7 Å². The number of hydrogen-bond donors (Lipinski definition) is 3. The summed E-state index contributed by atoms with van der Waals surface area (Å²) >= 11 is 0. The second kappa shape index (κ2) is 5.90. The van der Waals surface area contributed by atoms with Gasteiger partial charge in [0.1, 0.15) is 19.0 Å². The molecule has 0 atom stereocenters. The minimum Gasteiger partial charge on any atom is -0.486 e. The lowest BCUT2D eigenvalue weighted by Crippen LogP contribution is -2.42. The summed E-state index contributed by atoms with van der Waals surface area (Å²) in [5.41, 5.74) is 5.34. The van der Waals surface area contributed by atoms with Gasteiger partial charge in [-0.1, -0.05) is 25.1 Å². The number of hydrogen-bond acceptors (Lipinski definition) is 5. The van der Waals surface area contributed by atoms with Gasteiger partial charge in [0, 0.05) is 12.0 Å². The highest BCUT2D eigenvalue weighted by atomic mass is 16.6. The molecule has 0 saturated heterocycles. The topological polar surface area (TPSA) is 106 Å². The van der Waals surface area contributed by atoms with Crippen LogP contribution in [0.2, 0.25) is 0 Å². The zero-order valence-electron chi connectivity index (χ0n) is 12.0. The lowest BCUT2D eigenvalue weighted by atomic mass is 9.92. The monoisotopic (exact) mass is 293 g/mol. The number of nitrogens with one attached hydrogen (secondary N) is 1. The number of amides is 1. The number of fused-ring (bicyclic) bond motifs is 1. The molecular weight excluding hydrogens is 274 g/mol. The Labute approximate surface area is 122 Å². The summed E-state index contributed by atoms with van der Waals surface area (Å²) in [6.45, 7) is 4.64. The van der Waals surface area contributed by atoms with Crippen LogP contribution in [-0.2, 0) is 0 Å². The average Bonchev–Trinajstić information content (AvgIpc) is 2.51. The second-order valence-electron chi connectivity index (χ2n) is 5.38. The van der Waals surface area contributed by atoms with Gasteiger partial charge in [-0.25, -0.2) is 0 Å². The molecular formula is C14H19N3O4. The Kier molecular flexibility index (Phi) is 4.21. The highest BCUT2D eigenvalue weighted by molar-refractivity contribution is 5.98. The van der Waals surface area contributed by atoms with Crippen molar-refractivity contribution in [3.05, 3.63) is 23.8 Å². The van der Waals surface area contributed by atoms with E-state index in [1.54, 1.807) is 32.0 Å². The smallest absolute Gasteiger partial charge is 0.255 e. The zero-order valence-corrected chi connectivity index (χ0v) is 12.0. The van der Waals surface area contributed by atoms with Crippen LogP contribution in [0.25, 0.3) is 0 Å². The van der Waals surface area contributed by atoms with Crippen LogP contribution in [0.15, 0.2) is 23.4 Å². The van der Waals surface area contributed by atoms with Gasteiger partial charge in [-0.15, -0.1) is 0 Å². The van der Waals surface area contributed by atoms with Gasteiger partial charge in [0.2, 0.25) is 0 Å². The molecule has 1 aromatic rings. The molecule has 0 unspecified atom stereocenters. The summed E-state index contributed by atoms with van der Waals surface area (Å²) in [5.74, 6) is 0.765. The lowest BCUT2D eigenvalue weighted by Gasteiger charge is -2.24. The standard InChI is InChI=1S/C14H19N3O4/c1-14(2,13(15)17-19)8-16-12(18)9-4-3-5-10-11(9)21-7-6-20-10/h3-5,19H,6-8H2,1-2H3,(H2,15,17)(H,16,18). The fraction of sp³-hybridized carbons (Fsp3) is 0.429. The van der Waals surface area contributed by atoms with E-state index in [1.165, 1.54) is 0 Å². The van der Waals surface area contributed by atoms with Gasteiger partial charge in [0.05, 0.1) is 5.56 Å². The van der Waals surface area contributed by atoms with E-state index in [0.29, 0.717) is 30.3 Å². The van der Waals surface area contributed by atoms with Crippen molar-refractivity contribution in [1.29, 1.82) is 0 Å². The number of amidine groups is 1. The highest BCUT2D eigenvalue weighted by Gasteiger charge is 2.26. The molecule has 0 saturated carbocycles. The molecule has 7 nitrogen and oxygen atoms in total. The van der Waals surface area contributed by atoms with E-state index in [1.807, 2.05) is 0 Å². The third-order valence-electron chi connectivity index (χ3n) is 3.30. The molecule has 1 heterocycles. The number of ether oxygens (including phenoxy) is 2. The predicted octanol–water partition coefficient (Wildman–Crippen LogP) is 0.960. The van der Waals surface area contributed by atoms with Crippen molar-refractivity contribution in [2.24, 2.45) is 16.3 Å². The van der Waals surface area contributed by atoms with Gasteiger partial charge in [-0.05, 0) is 12.1 Å². The van der Waals surface area contributed by atoms with Gasteiger partial charge in [-0.2, -0.15) is 0 Å². The molecule has 7 heteroatoms. The molecule has 0 bridgehead atoms. The Balaban J connectivity index is 2.11. The van der Waals surface area contributed by atoms with Crippen molar-refractivity contribution in [2.75, 3.05) is 19.8 Å². The summed E-state index contributed by atoms with van der Waals surface area (Å²) in [7, 11) is 0. The van der Waals surface area contributed by atoms with Crippen LogP contribution in [-0.4, -0.2) is 36.7 Å². The summed E-state index contributed by atoms with van der Waals surface area (Å²) in [6, 6.07) is 5.15. The molecule has 0 spiro atoms. The van der Waals surface area contributed by atoms with E-state index < -0.39 is 5.41 Å². The van der Waals surface area contributed by atoms with Gasteiger partial charge in [0.25, 0.3) is 5.91 Å². The number of nitrogens with zero attached hydrogens (tertiary/aromatic N) is 1. The first-order chi connectivity index (χ1) is 9.95. The average molecular weight is 293 g/mol. The number of nitrogens with two attached hydrogens (primary N) is 1. The van der Waals surface area contributed by atoms with E-state index in [4.69, 9.17) is 20.4 Å². The van der Waals surface area contributed by atoms with E-state index in [-0.39, 0.29) is 18.3 Å². The quantitative estimate of drug-likeness (QED) is 0.332. The van der Waals surface area contributed by atoms with Crippen molar-refractivity contribution in [1.82, 2.24) is 5.32 Å². The molecule has 1 aliphatic heterocycles. The fourth-order valence-electron chi connectivity index (χ4n) is 1.87. The Bertz CT molecular complexity index is 569. The third kappa shape index (κ3) is 3.18. The molecule has 2 rings (SSSR count).